The van der Waals surface area contributed by atoms with Gasteiger partial charge in [-0.15, -0.1) is 11.3 Å². The number of hydrogen-bond donors (Lipinski definition) is 2. The minimum absolute atomic E-state index is 0.196. The van der Waals surface area contributed by atoms with Gasteiger partial charge in [-0.1, -0.05) is 0 Å². The van der Waals surface area contributed by atoms with Gasteiger partial charge in [0.15, 0.2) is 0 Å². The van der Waals surface area contributed by atoms with Crippen LogP contribution >= 0.6 is 27.3 Å². The lowest BCUT2D eigenvalue weighted by molar-refractivity contribution is 0.576. The molecule has 4 nitrogen and oxygen atoms in total. The normalized spacial score (nSPS) is 11.9. The number of thiophene rings is 1. The topological polar surface area (TPSA) is 58.2 Å². The number of hydrogen-bond acceptors (Lipinski definition) is 4. The van der Waals surface area contributed by atoms with Crippen molar-refractivity contribution in [2.24, 2.45) is 0 Å². The standard InChI is InChI=1S/C10H17BrN2O2S2/c1-12-6-2-3-7-17(14,15)13-8-9-4-5-10(11)16-9/h4-5,12-13H,2-3,6-8H2,1H3. The molecular formula is C10H17BrN2O2S2. The molecule has 1 aromatic rings. The molecule has 0 radical (unpaired) electrons. The zero-order chi connectivity index (χ0) is 12.7. The van der Waals surface area contributed by atoms with E-state index in [4.69, 9.17) is 0 Å². The van der Waals surface area contributed by atoms with Gasteiger partial charge < -0.3 is 5.32 Å². The van der Waals surface area contributed by atoms with Crippen molar-refractivity contribution in [1.29, 1.82) is 0 Å². The van der Waals surface area contributed by atoms with Crippen molar-refractivity contribution in [1.82, 2.24) is 10.0 Å². The van der Waals surface area contributed by atoms with E-state index >= 15 is 0 Å². The van der Waals surface area contributed by atoms with E-state index in [2.05, 4.69) is 26.0 Å². The first-order chi connectivity index (χ1) is 8.03. The second-order valence-corrected chi connectivity index (χ2v) is 8.13. The summed E-state index contributed by atoms with van der Waals surface area (Å²) in [5.41, 5.74) is 0. The van der Waals surface area contributed by atoms with E-state index in [9.17, 15) is 8.42 Å². The highest BCUT2D eigenvalue weighted by molar-refractivity contribution is 9.11. The zero-order valence-corrected chi connectivity index (χ0v) is 12.9. The third kappa shape index (κ3) is 6.52. The molecule has 1 heterocycles. The Labute approximate surface area is 115 Å². The first kappa shape index (κ1) is 15.1. The number of nitrogens with one attached hydrogen (secondary N) is 2. The smallest absolute Gasteiger partial charge is 0.211 e. The van der Waals surface area contributed by atoms with Gasteiger partial charge in [0.25, 0.3) is 0 Å². The van der Waals surface area contributed by atoms with E-state index in [-0.39, 0.29) is 5.75 Å². The lowest BCUT2D eigenvalue weighted by Crippen LogP contribution is -2.26. The molecule has 0 aliphatic carbocycles. The Bertz CT molecular complexity index is 431. The van der Waals surface area contributed by atoms with Gasteiger partial charge >= 0.3 is 0 Å². The van der Waals surface area contributed by atoms with Crippen LogP contribution in [0.25, 0.3) is 0 Å². The Morgan fingerprint density at radius 2 is 2.12 bits per heavy atom. The van der Waals surface area contributed by atoms with Crippen LogP contribution in [0.15, 0.2) is 15.9 Å². The molecule has 1 rings (SSSR count). The fourth-order valence-electron chi connectivity index (χ4n) is 1.29. The van der Waals surface area contributed by atoms with E-state index in [1.165, 1.54) is 0 Å². The molecule has 0 unspecified atom stereocenters. The Morgan fingerprint density at radius 3 is 2.71 bits per heavy atom. The molecular weight excluding hydrogens is 324 g/mol. The minimum atomic E-state index is -3.14. The van der Waals surface area contributed by atoms with Gasteiger partial charge in [0, 0.05) is 11.4 Å². The summed E-state index contributed by atoms with van der Waals surface area (Å²) in [4.78, 5) is 1.01. The largest absolute Gasteiger partial charge is 0.320 e. The van der Waals surface area contributed by atoms with Gasteiger partial charge in [-0.25, -0.2) is 13.1 Å². The van der Waals surface area contributed by atoms with Gasteiger partial charge in [0.05, 0.1) is 9.54 Å². The maximum atomic E-state index is 11.6. The molecule has 0 spiro atoms. The molecule has 0 aliphatic heterocycles. The summed E-state index contributed by atoms with van der Waals surface area (Å²) < 4.78 is 26.9. The highest BCUT2D eigenvalue weighted by atomic mass is 79.9. The van der Waals surface area contributed by atoms with Crippen LogP contribution in [0.4, 0.5) is 0 Å². The van der Waals surface area contributed by atoms with Gasteiger partial charge in [-0.3, -0.25) is 0 Å². The van der Waals surface area contributed by atoms with E-state index in [0.717, 1.165) is 21.6 Å². The van der Waals surface area contributed by atoms with Crippen molar-refractivity contribution in [2.75, 3.05) is 19.3 Å². The van der Waals surface area contributed by atoms with Gasteiger partial charge in [-0.05, 0) is 54.5 Å². The SMILES string of the molecule is CNCCCCS(=O)(=O)NCc1ccc(Br)s1. The zero-order valence-electron chi connectivity index (χ0n) is 9.70. The summed E-state index contributed by atoms with van der Waals surface area (Å²) in [6.07, 6.45) is 1.56. The highest BCUT2D eigenvalue weighted by Crippen LogP contribution is 2.21. The summed E-state index contributed by atoms with van der Waals surface area (Å²) >= 11 is 4.89. The van der Waals surface area contributed by atoms with Crippen LogP contribution in [-0.4, -0.2) is 27.8 Å². The van der Waals surface area contributed by atoms with Crippen LogP contribution in [0.1, 0.15) is 17.7 Å². The van der Waals surface area contributed by atoms with Crippen LogP contribution in [0.2, 0.25) is 0 Å². The van der Waals surface area contributed by atoms with Crippen molar-refractivity contribution in [3.63, 3.8) is 0 Å². The van der Waals surface area contributed by atoms with E-state index in [1.807, 2.05) is 19.2 Å². The Morgan fingerprint density at radius 1 is 1.35 bits per heavy atom. The van der Waals surface area contributed by atoms with Crippen molar-refractivity contribution in [3.05, 3.63) is 20.8 Å². The maximum Gasteiger partial charge on any atom is 0.211 e. The Balaban J connectivity index is 2.29. The maximum absolute atomic E-state index is 11.6. The first-order valence-electron chi connectivity index (χ1n) is 5.39. The lowest BCUT2D eigenvalue weighted by Gasteiger charge is -2.05. The van der Waals surface area contributed by atoms with Crippen LogP contribution in [-0.2, 0) is 16.6 Å². The molecule has 1 aromatic heterocycles. The first-order valence-corrected chi connectivity index (χ1v) is 8.66. The minimum Gasteiger partial charge on any atom is -0.320 e. The van der Waals surface area contributed by atoms with Crippen molar-refractivity contribution < 1.29 is 8.42 Å². The van der Waals surface area contributed by atoms with Gasteiger partial charge in [0.2, 0.25) is 10.0 Å². The molecule has 98 valence electrons. The van der Waals surface area contributed by atoms with Crippen LogP contribution < -0.4 is 10.0 Å². The summed E-state index contributed by atoms with van der Waals surface area (Å²) in [5, 5.41) is 3.00. The number of rotatable bonds is 8. The summed E-state index contributed by atoms with van der Waals surface area (Å²) in [6, 6.07) is 3.83. The van der Waals surface area contributed by atoms with E-state index in [0.29, 0.717) is 13.0 Å². The molecule has 0 atom stereocenters. The van der Waals surface area contributed by atoms with E-state index in [1.54, 1.807) is 11.3 Å². The third-order valence-electron chi connectivity index (χ3n) is 2.19. The summed E-state index contributed by atoms with van der Waals surface area (Å²) in [7, 11) is -1.27. The summed E-state index contributed by atoms with van der Waals surface area (Å²) in [5.74, 6) is 0.196. The molecule has 0 aromatic carbocycles. The summed E-state index contributed by atoms with van der Waals surface area (Å²) in [6.45, 7) is 1.23. The molecule has 7 heteroatoms. The van der Waals surface area contributed by atoms with Crippen molar-refractivity contribution >= 4 is 37.3 Å². The molecule has 0 saturated carbocycles. The fourth-order valence-corrected chi connectivity index (χ4v) is 3.91. The van der Waals surface area contributed by atoms with E-state index < -0.39 is 10.0 Å². The third-order valence-corrected chi connectivity index (χ3v) is 5.22. The van der Waals surface area contributed by atoms with Gasteiger partial charge in [-0.2, -0.15) is 0 Å². The monoisotopic (exact) mass is 340 g/mol. The molecule has 0 amide bonds. The second-order valence-electron chi connectivity index (χ2n) is 3.66. The number of halogens is 1. The van der Waals surface area contributed by atoms with Gasteiger partial charge in [0.1, 0.15) is 0 Å². The second kappa shape index (κ2) is 7.48. The molecule has 17 heavy (non-hydrogen) atoms. The lowest BCUT2D eigenvalue weighted by atomic mass is 10.3. The Kier molecular flexibility index (Phi) is 6.65. The Hall–Kier alpha value is 0.0500. The van der Waals surface area contributed by atoms with Crippen LogP contribution in [0.5, 0.6) is 0 Å². The quantitative estimate of drug-likeness (QED) is 0.711. The molecule has 0 aliphatic rings. The fraction of sp³-hybridized carbons (Fsp3) is 0.600. The van der Waals surface area contributed by atoms with Crippen LogP contribution in [0.3, 0.4) is 0 Å². The average Bonchev–Trinajstić information content (AvgIpc) is 2.68. The van der Waals surface area contributed by atoms with Crippen molar-refractivity contribution in [2.45, 2.75) is 19.4 Å². The molecule has 2 N–H and O–H groups in total. The average molecular weight is 341 g/mol. The number of unbranched alkanes of at least 4 members (excludes halogenated alkanes) is 1. The predicted molar refractivity (Wildman–Crippen MR) is 75.8 cm³/mol. The molecule has 0 saturated heterocycles. The van der Waals surface area contributed by atoms with Crippen molar-refractivity contribution in [3.8, 4) is 0 Å². The highest BCUT2D eigenvalue weighted by Gasteiger charge is 2.09. The number of sulfonamides is 1. The molecule has 0 fully saturated rings. The van der Waals surface area contributed by atoms with Crippen LogP contribution in [0, 0.1) is 0 Å². The molecule has 0 bridgehead atoms. The predicted octanol–water partition coefficient (Wildman–Crippen LogP) is 1.93.